The van der Waals surface area contributed by atoms with Gasteiger partial charge in [-0.3, -0.25) is 4.79 Å². The van der Waals surface area contributed by atoms with Crippen molar-refractivity contribution in [1.82, 2.24) is 10.2 Å². The van der Waals surface area contributed by atoms with Crippen molar-refractivity contribution in [3.63, 3.8) is 0 Å². The molecule has 17 heavy (non-hydrogen) atoms. The summed E-state index contributed by atoms with van der Waals surface area (Å²) in [5.74, 6) is 1.29. The third-order valence-electron chi connectivity index (χ3n) is 4.30. The Labute approximate surface area is 111 Å². The van der Waals surface area contributed by atoms with Crippen LogP contribution in [0.3, 0.4) is 0 Å². The van der Waals surface area contributed by atoms with Crippen LogP contribution in [-0.4, -0.2) is 36.5 Å². The van der Waals surface area contributed by atoms with Crippen molar-refractivity contribution in [3.05, 3.63) is 0 Å². The van der Waals surface area contributed by atoms with E-state index in [2.05, 4.69) is 24.1 Å². The van der Waals surface area contributed by atoms with Gasteiger partial charge in [-0.1, -0.05) is 6.92 Å². The Morgan fingerprint density at radius 2 is 2.00 bits per heavy atom. The molecule has 2 fully saturated rings. The molecule has 1 N–H and O–H groups in total. The normalized spacial score (nSPS) is 34.0. The van der Waals surface area contributed by atoms with Gasteiger partial charge in [0.2, 0.25) is 5.91 Å². The largest absolute Gasteiger partial charge is 0.339 e. The van der Waals surface area contributed by atoms with Gasteiger partial charge < -0.3 is 10.2 Å². The first-order chi connectivity index (χ1) is 7.70. The Morgan fingerprint density at radius 3 is 2.65 bits per heavy atom. The summed E-state index contributed by atoms with van der Waals surface area (Å²) in [5.41, 5.74) is 0. The van der Waals surface area contributed by atoms with Crippen LogP contribution in [0.1, 0.15) is 39.5 Å². The number of amides is 1. The summed E-state index contributed by atoms with van der Waals surface area (Å²) in [4.78, 5) is 14.5. The number of likely N-dealkylation sites (tertiary alicyclic amines) is 1. The Hall–Kier alpha value is -0.280. The molecule has 3 atom stereocenters. The van der Waals surface area contributed by atoms with Gasteiger partial charge in [-0.05, 0) is 45.1 Å². The molecule has 1 amide bonds. The van der Waals surface area contributed by atoms with Gasteiger partial charge >= 0.3 is 0 Å². The zero-order valence-electron chi connectivity index (χ0n) is 10.9. The summed E-state index contributed by atoms with van der Waals surface area (Å²) < 4.78 is 0. The lowest BCUT2D eigenvalue weighted by molar-refractivity contribution is -0.140. The summed E-state index contributed by atoms with van der Waals surface area (Å²) in [5, 5.41) is 3.33. The molecule has 100 valence electrons. The molecule has 0 saturated carbocycles. The lowest BCUT2D eigenvalue weighted by Crippen LogP contribution is -2.50. The summed E-state index contributed by atoms with van der Waals surface area (Å²) in [6, 6.07) is 0.433. The number of nitrogens with zero attached hydrogens (tertiary/aromatic N) is 1. The molecule has 2 heterocycles. The highest BCUT2D eigenvalue weighted by molar-refractivity contribution is 5.85. The lowest BCUT2D eigenvalue weighted by Gasteiger charge is -2.40. The van der Waals surface area contributed by atoms with Gasteiger partial charge in [0.1, 0.15) is 0 Å². The molecule has 2 aliphatic rings. The second-order valence-electron chi connectivity index (χ2n) is 5.44. The van der Waals surface area contributed by atoms with E-state index in [1.165, 1.54) is 12.8 Å². The number of carbonyl (C=O) groups is 1. The Bertz CT molecular complexity index is 254. The predicted octanol–water partition coefficient (Wildman–Crippen LogP) is 2.05. The van der Waals surface area contributed by atoms with Crippen molar-refractivity contribution in [3.8, 4) is 0 Å². The standard InChI is InChI=1S/C13H24N2O.ClH/c1-10-5-4-8-15(11(10)2)13(16)12-6-3-7-14-9-12;/h10-12,14H,3-9H2,1-2H3;1H/t10?,11?,12-;/m1./s1. The third kappa shape index (κ3) is 3.35. The smallest absolute Gasteiger partial charge is 0.227 e. The van der Waals surface area contributed by atoms with E-state index in [1.807, 2.05) is 0 Å². The van der Waals surface area contributed by atoms with Crippen molar-refractivity contribution in [2.75, 3.05) is 19.6 Å². The minimum Gasteiger partial charge on any atom is -0.339 e. The van der Waals surface area contributed by atoms with E-state index in [-0.39, 0.29) is 18.3 Å². The fraction of sp³-hybridized carbons (Fsp3) is 0.923. The summed E-state index contributed by atoms with van der Waals surface area (Å²) >= 11 is 0. The monoisotopic (exact) mass is 260 g/mol. The van der Waals surface area contributed by atoms with Gasteiger partial charge in [0.25, 0.3) is 0 Å². The Balaban J connectivity index is 0.00000144. The molecular weight excluding hydrogens is 236 g/mol. The van der Waals surface area contributed by atoms with E-state index in [1.54, 1.807) is 0 Å². The van der Waals surface area contributed by atoms with Gasteiger partial charge in [0.15, 0.2) is 0 Å². The van der Waals surface area contributed by atoms with E-state index in [4.69, 9.17) is 0 Å². The van der Waals surface area contributed by atoms with Crippen molar-refractivity contribution >= 4 is 18.3 Å². The van der Waals surface area contributed by atoms with Crippen LogP contribution in [0.4, 0.5) is 0 Å². The first kappa shape index (κ1) is 14.8. The fourth-order valence-electron chi connectivity index (χ4n) is 2.94. The molecule has 0 spiro atoms. The number of hydrogen-bond donors (Lipinski definition) is 1. The number of rotatable bonds is 1. The fourth-order valence-corrected chi connectivity index (χ4v) is 2.94. The van der Waals surface area contributed by atoms with Crippen LogP contribution >= 0.6 is 12.4 Å². The average molecular weight is 261 g/mol. The van der Waals surface area contributed by atoms with Crippen LogP contribution in [0.5, 0.6) is 0 Å². The highest BCUT2D eigenvalue weighted by Crippen LogP contribution is 2.25. The maximum atomic E-state index is 12.4. The minimum atomic E-state index is 0. The molecule has 0 aromatic rings. The van der Waals surface area contributed by atoms with Crippen LogP contribution in [0.15, 0.2) is 0 Å². The summed E-state index contributed by atoms with van der Waals surface area (Å²) in [6.07, 6.45) is 4.67. The highest BCUT2D eigenvalue weighted by Gasteiger charge is 2.32. The molecule has 0 aromatic heterocycles. The Kier molecular flexibility index (Phi) is 5.74. The molecule has 0 aliphatic carbocycles. The van der Waals surface area contributed by atoms with Gasteiger partial charge in [-0.2, -0.15) is 0 Å². The van der Waals surface area contributed by atoms with Crippen molar-refractivity contribution < 1.29 is 4.79 Å². The maximum Gasteiger partial charge on any atom is 0.227 e. The number of hydrogen-bond acceptors (Lipinski definition) is 2. The van der Waals surface area contributed by atoms with E-state index in [9.17, 15) is 4.79 Å². The first-order valence-electron chi connectivity index (χ1n) is 6.71. The third-order valence-corrected chi connectivity index (χ3v) is 4.30. The second kappa shape index (κ2) is 6.60. The molecule has 0 bridgehead atoms. The zero-order valence-corrected chi connectivity index (χ0v) is 11.8. The quantitative estimate of drug-likeness (QED) is 0.783. The van der Waals surface area contributed by atoms with Gasteiger partial charge in [0.05, 0.1) is 5.92 Å². The molecule has 2 aliphatic heterocycles. The number of piperidine rings is 2. The molecular formula is C13H25ClN2O. The van der Waals surface area contributed by atoms with Crippen molar-refractivity contribution in [2.24, 2.45) is 11.8 Å². The van der Waals surface area contributed by atoms with Crippen molar-refractivity contribution in [2.45, 2.75) is 45.6 Å². The Morgan fingerprint density at radius 1 is 1.24 bits per heavy atom. The lowest BCUT2D eigenvalue weighted by atomic mass is 9.89. The van der Waals surface area contributed by atoms with E-state index in [0.29, 0.717) is 17.9 Å². The van der Waals surface area contributed by atoms with Crippen LogP contribution in [0, 0.1) is 11.8 Å². The molecule has 2 saturated heterocycles. The second-order valence-corrected chi connectivity index (χ2v) is 5.44. The van der Waals surface area contributed by atoms with Crippen LogP contribution in [0.25, 0.3) is 0 Å². The van der Waals surface area contributed by atoms with Gasteiger partial charge in [-0.25, -0.2) is 0 Å². The molecule has 4 heteroatoms. The van der Waals surface area contributed by atoms with E-state index in [0.717, 1.165) is 32.5 Å². The minimum absolute atomic E-state index is 0. The summed E-state index contributed by atoms with van der Waals surface area (Å²) in [7, 11) is 0. The van der Waals surface area contributed by atoms with Gasteiger partial charge in [0, 0.05) is 19.1 Å². The maximum absolute atomic E-state index is 12.4. The van der Waals surface area contributed by atoms with E-state index >= 15 is 0 Å². The van der Waals surface area contributed by atoms with Gasteiger partial charge in [-0.15, -0.1) is 12.4 Å². The molecule has 2 rings (SSSR count). The predicted molar refractivity (Wildman–Crippen MR) is 72.4 cm³/mol. The number of halogens is 1. The van der Waals surface area contributed by atoms with Crippen molar-refractivity contribution in [1.29, 1.82) is 0 Å². The van der Waals surface area contributed by atoms with Crippen LogP contribution < -0.4 is 5.32 Å². The van der Waals surface area contributed by atoms with E-state index < -0.39 is 0 Å². The number of nitrogens with one attached hydrogen (secondary N) is 1. The number of carbonyl (C=O) groups excluding carboxylic acids is 1. The summed E-state index contributed by atoms with van der Waals surface area (Å²) in [6.45, 7) is 7.41. The molecule has 2 unspecified atom stereocenters. The van der Waals surface area contributed by atoms with Crippen LogP contribution in [0.2, 0.25) is 0 Å². The topological polar surface area (TPSA) is 32.3 Å². The SMILES string of the molecule is CC1CCCN(C(=O)[C@@H]2CCCNC2)C1C.Cl. The first-order valence-corrected chi connectivity index (χ1v) is 6.71. The molecule has 0 radical (unpaired) electrons. The molecule has 0 aromatic carbocycles. The van der Waals surface area contributed by atoms with Crippen LogP contribution in [-0.2, 0) is 4.79 Å². The zero-order chi connectivity index (χ0) is 11.5. The molecule has 3 nitrogen and oxygen atoms in total. The highest BCUT2D eigenvalue weighted by atomic mass is 35.5. The average Bonchev–Trinajstić information content (AvgIpc) is 2.33.